The van der Waals surface area contributed by atoms with E-state index in [-0.39, 0.29) is 23.9 Å². The molecule has 1 saturated carbocycles. The molecule has 0 aliphatic heterocycles. The van der Waals surface area contributed by atoms with Crippen LogP contribution in [0.25, 0.3) is 0 Å². The van der Waals surface area contributed by atoms with Gasteiger partial charge in [-0.2, -0.15) is 0 Å². The summed E-state index contributed by atoms with van der Waals surface area (Å²) in [5.74, 6) is 0.154. The predicted molar refractivity (Wildman–Crippen MR) is 63.2 cm³/mol. The molecule has 98 valence electrons. The van der Waals surface area contributed by atoms with Crippen LogP contribution in [-0.4, -0.2) is 24.0 Å². The monoisotopic (exact) mass is 243 g/mol. The maximum Gasteiger partial charge on any atom is 0.306 e. The average Bonchev–Trinajstić information content (AvgIpc) is 2.15. The van der Waals surface area contributed by atoms with E-state index in [0.717, 1.165) is 25.7 Å². The molecule has 1 fully saturated rings. The van der Waals surface area contributed by atoms with Gasteiger partial charge < -0.3 is 4.74 Å². The Hall–Kier alpha value is -1.13. The first-order valence-electron chi connectivity index (χ1n) is 6.25. The standard InChI is InChI=1S/C12H21NO4/c1-3-17-11(14)8-12(9-13(15)16)6-4-5-10(2)7-12/h10H,3-9H2,1-2H3/t10?,12-/m0/s1. The molecule has 0 heterocycles. The van der Waals surface area contributed by atoms with Gasteiger partial charge >= 0.3 is 5.97 Å². The van der Waals surface area contributed by atoms with Crippen LogP contribution in [0.2, 0.25) is 0 Å². The molecule has 5 heteroatoms. The van der Waals surface area contributed by atoms with Crippen LogP contribution in [0.3, 0.4) is 0 Å². The van der Waals surface area contributed by atoms with Crippen molar-refractivity contribution >= 4 is 5.97 Å². The Bertz CT molecular complexity index is 292. The first kappa shape index (κ1) is 13.9. The predicted octanol–water partition coefficient (Wildman–Crippen LogP) is 2.41. The second kappa shape index (κ2) is 5.98. The molecule has 5 nitrogen and oxygen atoms in total. The SMILES string of the molecule is CCOC(=O)C[C@]1(C[N+](=O)[O-])CCCC(C)C1. The summed E-state index contributed by atoms with van der Waals surface area (Å²) in [6.07, 6.45) is 3.77. The van der Waals surface area contributed by atoms with Gasteiger partial charge in [-0.15, -0.1) is 0 Å². The van der Waals surface area contributed by atoms with Crippen molar-refractivity contribution in [2.24, 2.45) is 11.3 Å². The van der Waals surface area contributed by atoms with Crippen molar-refractivity contribution in [3.63, 3.8) is 0 Å². The van der Waals surface area contributed by atoms with Crippen LogP contribution in [0.15, 0.2) is 0 Å². The van der Waals surface area contributed by atoms with Crippen LogP contribution in [0.4, 0.5) is 0 Å². The quantitative estimate of drug-likeness (QED) is 0.422. The van der Waals surface area contributed by atoms with E-state index >= 15 is 0 Å². The van der Waals surface area contributed by atoms with Crippen LogP contribution < -0.4 is 0 Å². The Morgan fingerprint density at radius 2 is 2.29 bits per heavy atom. The van der Waals surface area contributed by atoms with Crippen LogP contribution in [-0.2, 0) is 9.53 Å². The molecule has 17 heavy (non-hydrogen) atoms. The third-order valence-electron chi connectivity index (χ3n) is 3.47. The molecule has 0 N–H and O–H groups in total. The lowest BCUT2D eigenvalue weighted by atomic mass is 9.68. The van der Waals surface area contributed by atoms with Crippen molar-refractivity contribution in [3.05, 3.63) is 10.1 Å². The number of carbonyl (C=O) groups excluding carboxylic acids is 1. The Morgan fingerprint density at radius 1 is 1.59 bits per heavy atom. The summed E-state index contributed by atoms with van der Waals surface area (Å²) in [5, 5.41) is 10.8. The molecule has 0 saturated heterocycles. The van der Waals surface area contributed by atoms with Crippen molar-refractivity contribution in [3.8, 4) is 0 Å². The zero-order valence-electron chi connectivity index (χ0n) is 10.6. The summed E-state index contributed by atoms with van der Waals surface area (Å²) >= 11 is 0. The zero-order valence-corrected chi connectivity index (χ0v) is 10.6. The number of esters is 1. The molecular formula is C12H21NO4. The Balaban J connectivity index is 2.70. The lowest BCUT2D eigenvalue weighted by molar-refractivity contribution is -0.499. The smallest absolute Gasteiger partial charge is 0.306 e. The van der Waals surface area contributed by atoms with E-state index in [1.165, 1.54) is 0 Å². The fraction of sp³-hybridized carbons (Fsp3) is 0.917. The van der Waals surface area contributed by atoms with Crippen molar-refractivity contribution in [1.29, 1.82) is 0 Å². The maximum atomic E-state index is 11.6. The molecular weight excluding hydrogens is 222 g/mol. The maximum absolute atomic E-state index is 11.6. The minimum Gasteiger partial charge on any atom is -0.466 e. The second-order valence-corrected chi connectivity index (χ2v) is 5.17. The normalized spacial score (nSPS) is 28.7. The van der Waals surface area contributed by atoms with Crippen molar-refractivity contribution in [2.45, 2.75) is 46.0 Å². The van der Waals surface area contributed by atoms with Crippen molar-refractivity contribution in [2.75, 3.05) is 13.2 Å². The minimum absolute atomic E-state index is 0.115. The molecule has 0 aromatic rings. The van der Waals surface area contributed by atoms with Crippen LogP contribution >= 0.6 is 0 Å². The number of carbonyl (C=O) groups is 1. The van der Waals surface area contributed by atoms with Gasteiger partial charge in [-0.3, -0.25) is 14.9 Å². The van der Waals surface area contributed by atoms with E-state index in [4.69, 9.17) is 4.74 Å². The van der Waals surface area contributed by atoms with Crippen LogP contribution in [0, 0.1) is 21.4 Å². The summed E-state index contributed by atoms with van der Waals surface area (Å²) in [6, 6.07) is 0. The molecule has 0 aromatic carbocycles. The lowest BCUT2D eigenvalue weighted by Gasteiger charge is -2.36. The van der Waals surface area contributed by atoms with Gasteiger partial charge in [0.15, 0.2) is 0 Å². The van der Waals surface area contributed by atoms with Gasteiger partial charge in [0.05, 0.1) is 13.0 Å². The number of nitro groups is 1. The summed E-state index contributed by atoms with van der Waals surface area (Å²) in [6.45, 7) is 4.07. The third kappa shape index (κ3) is 4.32. The van der Waals surface area contributed by atoms with E-state index < -0.39 is 5.41 Å². The molecule has 0 bridgehead atoms. The van der Waals surface area contributed by atoms with Crippen molar-refractivity contribution in [1.82, 2.24) is 0 Å². The molecule has 1 aliphatic carbocycles. The number of ether oxygens (including phenoxy) is 1. The van der Waals surface area contributed by atoms with Crippen LogP contribution in [0.5, 0.6) is 0 Å². The van der Waals surface area contributed by atoms with Gasteiger partial charge in [-0.05, 0) is 25.7 Å². The van der Waals surface area contributed by atoms with Crippen LogP contribution in [0.1, 0.15) is 46.0 Å². The molecule has 0 spiro atoms. The Kier molecular flexibility index (Phi) is 4.90. The molecule has 0 aromatic heterocycles. The molecule has 0 radical (unpaired) electrons. The van der Waals surface area contributed by atoms with E-state index in [2.05, 4.69) is 6.92 Å². The first-order valence-corrected chi connectivity index (χ1v) is 6.25. The lowest BCUT2D eigenvalue weighted by Crippen LogP contribution is -2.37. The minimum atomic E-state index is -0.479. The Morgan fingerprint density at radius 3 is 2.82 bits per heavy atom. The summed E-state index contributed by atoms with van der Waals surface area (Å²) in [7, 11) is 0. The number of hydrogen-bond acceptors (Lipinski definition) is 4. The third-order valence-corrected chi connectivity index (χ3v) is 3.47. The summed E-state index contributed by atoms with van der Waals surface area (Å²) in [4.78, 5) is 22.0. The molecule has 1 unspecified atom stereocenters. The zero-order chi connectivity index (χ0) is 12.9. The van der Waals surface area contributed by atoms with Gasteiger partial charge in [0, 0.05) is 10.3 Å². The number of rotatable bonds is 5. The van der Waals surface area contributed by atoms with Crippen molar-refractivity contribution < 1.29 is 14.5 Å². The molecule has 0 amide bonds. The van der Waals surface area contributed by atoms with Gasteiger partial charge in [-0.25, -0.2) is 0 Å². The highest BCUT2D eigenvalue weighted by molar-refractivity contribution is 5.70. The largest absolute Gasteiger partial charge is 0.466 e. The fourth-order valence-electron chi connectivity index (χ4n) is 2.92. The van der Waals surface area contributed by atoms with Gasteiger partial charge in [-0.1, -0.05) is 19.8 Å². The van der Waals surface area contributed by atoms with Gasteiger partial charge in [0.1, 0.15) is 0 Å². The second-order valence-electron chi connectivity index (χ2n) is 5.17. The molecule has 1 aliphatic rings. The average molecular weight is 243 g/mol. The summed E-state index contributed by atoms with van der Waals surface area (Å²) in [5.41, 5.74) is -0.479. The van der Waals surface area contributed by atoms with E-state index in [9.17, 15) is 14.9 Å². The fourth-order valence-corrected chi connectivity index (χ4v) is 2.92. The molecule has 1 rings (SSSR count). The first-order chi connectivity index (χ1) is 7.97. The van der Waals surface area contributed by atoms with E-state index in [0.29, 0.717) is 12.5 Å². The highest BCUT2D eigenvalue weighted by Gasteiger charge is 2.41. The molecule has 2 atom stereocenters. The Labute approximate surface area is 102 Å². The summed E-state index contributed by atoms with van der Waals surface area (Å²) < 4.78 is 4.92. The van der Waals surface area contributed by atoms with Gasteiger partial charge in [0.2, 0.25) is 6.54 Å². The topological polar surface area (TPSA) is 69.4 Å². The van der Waals surface area contributed by atoms with E-state index in [1.807, 2.05) is 0 Å². The highest BCUT2D eigenvalue weighted by atomic mass is 16.6. The highest BCUT2D eigenvalue weighted by Crippen LogP contribution is 2.42. The number of nitrogens with zero attached hydrogens (tertiary/aromatic N) is 1. The van der Waals surface area contributed by atoms with Gasteiger partial charge in [0.25, 0.3) is 0 Å². The number of hydrogen-bond donors (Lipinski definition) is 0. The van der Waals surface area contributed by atoms with E-state index in [1.54, 1.807) is 6.92 Å².